The van der Waals surface area contributed by atoms with Crippen LogP contribution in [0.1, 0.15) is 27.6 Å². The molecule has 9 heteroatoms. The fourth-order valence-corrected chi connectivity index (χ4v) is 4.14. The number of benzene rings is 2. The summed E-state index contributed by atoms with van der Waals surface area (Å²) in [7, 11) is 0. The second-order valence-corrected chi connectivity index (χ2v) is 8.15. The number of halogens is 1. The lowest BCUT2D eigenvalue weighted by molar-refractivity contribution is 0.0507. The van der Waals surface area contributed by atoms with Crippen molar-refractivity contribution < 1.29 is 19.5 Å². The van der Waals surface area contributed by atoms with Crippen molar-refractivity contribution in [2.75, 3.05) is 19.6 Å². The number of amides is 3. The van der Waals surface area contributed by atoms with Crippen LogP contribution in [0.2, 0.25) is 5.02 Å². The van der Waals surface area contributed by atoms with Gasteiger partial charge in [-0.3, -0.25) is 9.59 Å². The quantitative estimate of drug-likeness (QED) is 0.631. The van der Waals surface area contributed by atoms with E-state index in [0.717, 1.165) is 5.56 Å². The minimum Gasteiger partial charge on any atom is -0.465 e. The Morgan fingerprint density at radius 1 is 1.06 bits per heavy atom. The minimum absolute atomic E-state index is 0.182. The van der Waals surface area contributed by atoms with Crippen molar-refractivity contribution in [1.29, 1.82) is 0 Å². The number of piperazine rings is 1. The first-order valence-electron chi connectivity index (χ1n) is 10.0. The summed E-state index contributed by atoms with van der Waals surface area (Å²) in [6.45, 7) is 2.70. The zero-order valence-corrected chi connectivity index (χ0v) is 18.0. The van der Waals surface area contributed by atoms with Crippen LogP contribution in [0.4, 0.5) is 4.79 Å². The Balaban J connectivity index is 1.64. The normalized spacial score (nSPS) is 16.2. The van der Waals surface area contributed by atoms with Gasteiger partial charge in [-0.25, -0.2) is 9.78 Å². The van der Waals surface area contributed by atoms with Gasteiger partial charge < -0.3 is 20.6 Å². The van der Waals surface area contributed by atoms with Crippen molar-refractivity contribution in [2.45, 2.75) is 13.0 Å². The maximum atomic E-state index is 13.1. The van der Waals surface area contributed by atoms with Crippen LogP contribution < -0.4 is 5.73 Å². The maximum Gasteiger partial charge on any atom is 0.407 e. The van der Waals surface area contributed by atoms with Gasteiger partial charge in [0.1, 0.15) is 0 Å². The van der Waals surface area contributed by atoms with Gasteiger partial charge in [-0.2, -0.15) is 0 Å². The average molecular weight is 453 g/mol. The van der Waals surface area contributed by atoms with E-state index in [4.69, 9.17) is 17.3 Å². The number of hydrogen-bond acceptors (Lipinski definition) is 4. The summed E-state index contributed by atoms with van der Waals surface area (Å²) in [4.78, 5) is 43.3. The van der Waals surface area contributed by atoms with Crippen LogP contribution in [0, 0.1) is 0 Å². The van der Waals surface area contributed by atoms with Crippen molar-refractivity contribution >= 4 is 40.4 Å². The SMILES string of the molecule is C[C@@H]1CN(C(=O)c2ccc3c(Cl)cc(-c4ccc(C(N)=O)cc4)nc3c2)CCN1C(=O)O. The Morgan fingerprint density at radius 2 is 1.75 bits per heavy atom. The summed E-state index contributed by atoms with van der Waals surface area (Å²) in [5.41, 5.74) is 8.07. The molecular weight excluding hydrogens is 432 g/mol. The number of nitrogens with two attached hydrogens (primary N) is 1. The molecule has 0 unspecified atom stereocenters. The fourth-order valence-electron chi connectivity index (χ4n) is 3.88. The highest BCUT2D eigenvalue weighted by Crippen LogP contribution is 2.29. The van der Waals surface area contributed by atoms with E-state index in [-0.39, 0.29) is 18.5 Å². The van der Waals surface area contributed by atoms with Crippen LogP contribution >= 0.6 is 11.6 Å². The third-order valence-corrected chi connectivity index (χ3v) is 5.94. The van der Waals surface area contributed by atoms with Gasteiger partial charge in [-0.15, -0.1) is 0 Å². The lowest BCUT2D eigenvalue weighted by Gasteiger charge is -2.38. The number of nitrogens with zero attached hydrogens (tertiary/aromatic N) is 3. The predicted molar refractivity (Wildman–Crippen MR) is 121 cm³/mol. The molecule has 3 aromatic rings. The van der Waals surface area contributed by atoms with Crippen LogP contribution in [0.25, 0.3) is 22.2 Å². The standard InChI is InChI=1S/C23H21ClN4O4/c1-13-12-27(8-9-28(13)23(31)32)22(30)16-6-7-17-18(24)11-19(26-20(17)10-16)14-2-4-15(5-3-14)21(25)29/h2-7,10-11,13H,8-9,12H2,1H3,(H2,25,29)(H,31,32)/t13-/m1/s1. The molecule has 164 valence electrons. The Bertz CT molecular complexity index is 1230. The largest absolute Gasteiger partial charge is 0.465 e. The molecule has 1 atom stereocenters. The molecule has 1 aliphatic rings. The molecule has 2 heterocycles. The molecule has 8 nitrogen and oxygen atoms in total. The number of rotatable bonds is 3. The molecule has 0 saturated carbocycles. The lowest BCUT2D eigenvalue weighted by atomic mass is 10.1. The summed E-state index contributed by atoms with van der Waals surface area (Å²) in [5.74, 6) is -0.694. The van der Waals surface area contributed by atoms with Gasteiger partial charge in [-0.05, 0) is 37.3 Å². The van der Waals surface area contributed by atoms with E-state index < -0.39 is 12.0 Å². The topological polar surface area (TPSA) is 117 Å². The van der Waals surface area contributed by atoms with Crippen LogP contribution in [0.5, 0.6) is 0 Å². The Kier molecular flexibility index (Phi) is 5.71. The van der Waals surface area contributed by atoms with Crippen LogP contribution in [-0.2, 0) is 0 Å². The van der Waals surface area contributed by atoms with E-state index in [2.05, 4.69) is 4.98 Å². The van der Waals surface area contributed by atoms with E-state index in [0.29, 0.717) is 45.8 Å². The van der Waals surface area contributed by atoms with Gasteiger partial charge in [0.25, 0.3) is 5.91 Å². The zero-order chi connectivity index (χ0) is 23.0. The molecule has 32 heavy (non-hydrogen) atoms. The highest BCUT2D eigenvalue weighted by atomic mass is 35.5. The van der Waals surface area contributed by atoms with E-state index in [1.165, 1.54) is 4.90 Å². The summed E-state index contributed by atoms with van der Waals surface area (Å²) in [5, 5.41) is 10.4. The Hall–Kier alpha value is -3.65. The Morgan fingerprint density at radius 3 is 2.38 bits per heavy atom. The molecule has 1 aliphatic heterocycles. The molecule has 1 fully saturated rings. The predicted octanol–water partition coefficient (Wildman–Crippen LogP) is 3.48. The second kappa shape index (κ2) is 8.47. The van der Waals surface area contributed by atoms with E-state index >= 15 is 0 Å². The molecule has 2 aromatic carbocycles. The molecule has 3 amide bonds. The molecule has 1 saturated heterocycles. The molecular formula is C23H21ClN4O4. The lowest BCUT2D eigenvalue weighted by Crippen LogP contribution is -2.55. The number of primary amides is 1. The summed E-state index contributed by atoms with van der Waals surface area (Å²) >= 11 is 6.47. The van der Waals surface area contributed by atoms with Crippen molar-refractivity contribution in [3.63, 3.8) is 0 Å². The number of carbonyl (C=O) groups excluding carboxylic acids is 2. The van der Waals surface area contributed by atoms with E-state index in [1.807, 2.05) is 0 Å². The number of hydrogen-bond donors (Lipinski definition) is 2. The van der Waals surface area contributed by atoms with E-state index in [1.54, 1.807) is 60.4 Å². The highest BCUT2D eigenvalue weighted by Gasteiger charge is 2.30. The van der Waals surface area contributed by atoms with Crippen molar-refractivity contribution in [3.05, 3.63) is 64.7 Å². The van der Waals surface area contributed by atoms with Crippen molar-refractivity contribution in [3.8, 4) is 11.3 Å². The number of carbonyl (C=O) groups is 3. The van der Waals surface area contributed by atoms with E-state index in [9.17, 15) is 19.5 Å². The van der Waals surface area contributed by atoms with Crippen LogP contribution in [0.15, 0.2) is 48.5 Å². The smallest absolute Gasteiger partial charge is 0.407 e. The number of pyridine rings is 1. The van der Waals surface area contributed by atoms with Crippen LogP contribution in [0.3, 0.4) is 0 Å². The summed E-state index contributed by atoms with van der Waals surface area (Å²) < 4.78 is 0. The first-order valence-corrected chi connectivity index (χ1v) is 10.4. The monoisotopic (exact) mass is 452 g/mol. The molecule has 1 aromatic heterocycles. The first kappa shape index (κ1) is 21.6. The van der Waals surface area contributed by atoms with Gasteiger partial charge in [-0.1, -0.05) is 29.8 Å². The fraction of sp³-hybridized carbons (Fsp3) is 0.217. The molecule has 0 bridgehead atoms. The first-order chi connectivity index (χ1) is 15.2. The summed E-state index contributed by atoms with van der Waals surface area (Å²) in [6, 6.07) is 13.3. The molecule has 0 radical (unpaired) electrons. The number of fused-ring (bicyclic) bond motifs is 1. The van der Waals surface area contributed by atoms with Gasteiger partial charge in [0.2, 0.25) is 5.91 Å². The minimum atomic E-state index is -0.981. The average Bonchev–Trinajstić information content (AvgIpc) is 2.77. The van der Waals surface area contributed by atoms with Gasteiger partial charge in [0.05, 0.1) is 16.2 Å². The molecule has 0 spiro atoms. The number of aromatic nitrogens is 1. The summed E-state index contributed by atoms with van der Waals surface area (Å²) in [6.07, 6.45) is -0.981. The van der Waals surface area contributed by atoms with Crippen molar-refractivity contribution in [1.82, 2.24) is 14.8 Å². The third kappa shape index (κ3) is 4.09. The molecule has 3 N–H and O–H groups in total. The van der Waals surface area contributed by atoms with Crippen molar-refractivity contribution in [2.24, 2.45) is 5.73 Å². The number of carboxylic acid groups (broad SMARTS) is 1. The third-order valence-electron chi connectivity index (χ3n) is 5.63. The zero-order valence-electron chi connectivity index (χ0n) is 17.3. The second-order valence-electron chi connectivity index (χ2n) is 7.74. The van der Waals surface area contributed by atoms with Crippen LogP contribution in [-0.4, -0.2) is 63.5 Å². The van der Waals surface area contributed by atoms with Gasteiger partial charge in [0, 0.05) is 47.8 Å². The molecule has 0 aliphatic carbocycles. The van der Waals surface area contributed by atoms with Gasteiger partial charge >= 0.3 is 6.09 Å². The Labute approximate surface area is 189 Å². The highest BCUT2D eigenvalue weighted by molar-refractivity contribution is 6.35. The molecule has 4 rings (SSSR count). The maximum absolute atomic E-state index is 13.1. The van der Waals surface area contributed by atoms with Gasteiger partial charge in [0.15, 0.2) is 0 Å².